The van der Waals surface area contributed by atoms with Crippen molar-refractivity contribution in [2.45, 2.75) is 44.7 Å². The first-order valence-electron chi connectivity index (χ1n) is 11.0. The Hall–Kier alpha value is -3.05. The van der Waals surface area contributed by atoms with Gasteiger partial charge in [-0.2, -0.15) is 5.26 Å². The molecule has 0 bridgehead atoms. The Morgan fingerprint density at radius 2 is 2.00 bits per heavy atom. The van der Waals surface area contributed by atoms with E-state index in [1.807, 2.05) is 30.9 Å². The molecule has 0 radical (unpaired) electrons. The van der Waals surface area contributed by atoms with Crippen molar-refractivity contribution in [2.75, 3.05) is 36.0 Å². The molecule has 0 spiro atoms. The lowest BCUT2D eigenvalue weighted by molar-refractivity contribution is -0.119. The van der Waals surface area contributed by atoms with Gasteiger partial charge in [-0.3, -0.25) is 4.79 Å². The molecular formula is C23H30N6O2. The normalized spacial score (nSPS) is 18.5. The number of rotatable bonds is 8. The first-order chi connectivity index (χ1) is 14.9. The maximum Gasteiger partial charge on any atom is 0.240 e. The lowest BCUT2D eigenvalue weighted by Gasteiger charge is -2.35. The second-order valence-corrected chi connectivity index (χ2v) is 8.89. The molecule has 4 rings (SSSR count). The van der Waals surface area contributed by atoms with Crippen LogP contribution in [0.1, 0.15) is 33.1 Å². The van der Waals surface area contributed by atoms with Crippen LogP contribution in [0.25, 0.3) is 11.3 Å². The number of hydrogen-bond acceptors (Lipinski definition) is 7. The number of nitrogens with zero attached hydrogens (tertiary/aromatic N) is 4. The predicted octanol–water partition coefficient (Wildman–Crippen LogP) is 2.51. The molecule has 2 aliphatic rings. The maximum atomic E-state index is 12.4. The maximum absolute atomic E-state index is 12.4. The molecule has 8 nitrogen and oxygen atoms in total. The Morgan fingerprint density at radius 3 is 2.55 bits per heavy atom. The molecule has 2 aromatic rings. The zero-order valence-corrected chi connectivity index (χ0v) is 18.2. The number of carbonyl (C=O) groups is 1. The molecule has 1 aromatic carbocycles. The Kier molecular flexibility index (Phi) is 5.88. The van der Waals surface area contributed by atoms with Gasteiger partial charge in [-0.1, -0.05) is 31.1 Å². The average Bonchev–Trinajstić information content (AvgIpc) is 3.42. The number of amides is 1. The predicted molar refractivity (Wildman–Crippen MR) is 120 cm³/mol. The van der Waals surface area contributed by atoms with Crippen molar-refractivity contribution in [3.63, 3.8) is 0 Å². The van der Waals surface area contributed by atoms with Crippen LogP contribution in [0.2, 0.25) is 0 Å². The van der Waals surface area contributed by atoms with Crippen LogP contribution >= 0.6 is 0 Å². The van der Waals surface area contributed by atoms with Crippen LogP contribution in [-0.4, -0.2) is 48.8 Å². The van der Waals surface area contributed by atoms with E-state index in [4.69, 9.17) is 10.3 Å². The highest BCUT2D eigenvalue weighted by molar-refractivity contribution is 5.87. The molecule has 2 fully saturated rings. The molecule has 1 saturated heterocycles. The Balaban J connectivity index is 1.69. The molecular weight excluding hydrogens is 392 g/mol. The van der Waals surface area contributed by atoms with Crippen molar-refractivity contribution in [3.8, 4) is 17.3 Å². The third-order valence-electron chi connectivity index (χ3n) is 6.16. The quantitative estimate of drug-likeness (QED) is 0.672. The summed E-state index contributed by atoms with van der Waals surface area (Å²) in [6.45, 7) is 7.99. The van der Waals surface area contributed by atoms with Gasteiger partial charge in [-0.15, -0.1) is 0 Å². The number of carbonyl (C=O) groups excluding carboxylic acids is 1. The van der Waals surface area contributed by atoms with E-state index >= 15 is 0 Å². The van der Waals surface area contributed by atoms with Gasteiger partial charge in [0.2, 0.25) is 5.91 Å². The molecule has 31 heavy (non-hydrogen) atoms. The van der Waals surface area contributed by atoms with Crippen molar-refractivity contribution in [1.29, 1.82) is 5.26 Å². The van der Waals surface area contributed by atoms with Gasteiger partial charge >= 0.3 is 0 Å². The Labute approximate surface area is 183 Å². The first kappa shape index (κ1) is 21.2. The van der Waals surface area contributed by atoms with Crippen LogP contribution in [0.5, 0.6) is 0 Å². The van der Waals surface area contributed by atoms with Gasteiger partial charge in [0.25, 0.3) is 0 Å². The topological polar surface area (TPSA) is 111 Å². The molecule has 1 aromatic heterocycles. The van der Waals surface area contributed by atoms with E-state index in [9.17, 15) is 10.1 Å². The van der Waals surface area contributed by atoms with E-state index in [2.05, 4.69) is 33.6 Å². The summed E-state index contributed by atoms with van der Waals surface area (Å²) in [6.07, 6.45) is 3.48. The SMILES string of the molecule is CC(C)C[C@@H](C(N)=O)N(c1conc1-c1ccc(N2CCNCC2)cc1)C1(C#N)CC1. The molecule has 164 valence electrons. The fourth-order valence-corrected chi connectivity index (χ4v) is 4.37. The summed E-state index contributed by atoms with van der Waals surface area (Å²) in [5, 5.41) is 17.5. The number of aromatic nitrogens is 1. The molecule has 1 aliphatic heterocycles. The number of nitriles is 1. The van der Waals surface area contributed by atoms with E-state index in [0.717, 1.165) is 37.4 Å². The highest BCUT2D eigenvalue weighted by atomic mass is 16.5. The Morgan fingerprint density at radius 1 is 1.32 bits per heavy atom. The van der Waals surface area contributed by atoms with Crippen LogP contribution < -0.4 is 20.9 Å². The number of nitrogens with one attached hydrogen (secondary N) is 1. The molecule has 2 heterocycles. The molecule has 0 unspecified atom stereocenters. The van der Waals surface area contributed by atoms with Crippen LogP contribution in [0, 0.1) is 17.2 Å². The van der Waals surface area contributed by atoms with Gasteiger partial charge in [0.15, 0.2) is 0 Å². The van der Waals surface area contributed by atoms with E-state index in [-0.39, 0.29) is 5.92 Å². The summed E-state index contributed by atoms with van der Waals surface area (Å²) in [5.41, 5.74) is 8.40. The number of piperazine rings is 1. The molecule has 1 atom stereocenters. The van der Waals surface area contributed by atoms with Crippen molar-refractivity contribution in [2.24, 2.45) is 11.7 Å². The van der Waals surface area contributed by atoms with Crippen molar-refractivity contribution >= 4 is 17.3 Å². The molecule has 1 amide bonds. The number of hydrogen-bond donors (Lipinski definition) is 2. The second kappa shape index (κ2) is 8.60. The summed E-state index contributed by atoms with van der Waals surface area (Å²) in [7, 11) is 0. The molecule has 8 heteroatoms. The molecule has 1 saturated carbocycles. The third kappa shape index (κ3) is 4.23. The number of anilines is 2. The average molecular weight is 423 g/mol. The highest BCUT2D eigenvalue weighted by Crippen LogP contribution is 2.48. The van der Waals surface area contributed by atoms with Crippen LogP contribution in [-0.2, 0) is 4.79 Å². The zero-order valence-electron chi connectivity index (χ0n) is 18.2. The summed E-state index contributed by atoms with van der Waals surface area (Å²) in [5.74, 6) is -0.187. The van der Waals surface area contributed by atoms with Crippen LogP contribution in [0.3, 0.4) is 0 Å². The van der Waals surface area contributed by atoms with Gasteiger partial charge in [-0.25, -0.2) is 0 Å². The van der Waals surface area contributed by atoms with E-state index < -0.39 is 17.5 Å². The lowest BCUT2D eigenvalue weighted by atomic mass is 9.98. The largest absolute Gasteiger partial charge is 0.369 e. The number of benzene rings is 1. The second-order valence-electron chi connectivity index (χ2n) is 8.89. The minimum absolute atomic E-state index is 0.246. The van der Waals surface area contributed by atoms with Crippen LogP contribution in [0.15, 0.2) is 35.1 Å². The van der Waals surface area contributed by atoms with E-state index in [1.54, 1.807) is 0 Å². The van der Waals surface area contributed by atoms with Crippen LogP contribution in [0.4, 0.5) is 11.4 Å². The molecule has 3 N–H and O–H groups in total. The monoisotopic (exact) mass is 422 g/mol. The minimum Gasteiger partial charge on any atom is -0.369 e. The van der Waals surface area contributed by atoms with Gasteiger partial charge < -0.3 is 25.4 Å². The van der Waals surface area contributed by atoms with Gasteiger partial charge in [0.05, 0.1) is 6.07 Å². The highest BCUT2D eigenvalue weighted by Gasteiger charge is 2.53. The van der Waals surface area contributed by atoms with E-state index in [1.165, 1.54) is 6.26 Å². The fourth-order valence-electron chi connectivity index (χ4n) is 4.37. The Bertz CT molecular complexity index is 951. The standard InChI is InChI=1S/C23H30N6O2/c1-16(2)13-19(22(25)30)29(23(15-24)7-8-23)20-14-31-27-21(20)17-3-5-18(6-4-17)28-11-9-26-10-12-28/h3-6,14,16,19,26H,7-13H2,1-2H3,(H2,25,30)/t19-/m0/s1. The smallest absolute Gasteiger partial charge is 0.240 e. The van der Waals surface area contributed by atoms with Gasteiger partial charge in [0, 0.05) is 37.4 Å². The summed E-state index contributed by atoms with van der Waals surface area (Å²) < 4.78 is 5.36. The lowest BCUT2D eigenvalue weighted by Crippen LogP contribution is -2.52. The third-order valence-corrected chi connectivity index (χ3v) is 6.16. The zero-order chi connectivity index (χ0) is 22.0. The van der Waals surface area contributed by atoms with Crippen molar-refractivity contribution in [1.82, 2.24) is 10.5 Å². The summed E-state index contributed by atoms with van der Waals surface area (Å²) >= 11 is 0. The van der Waals surface area contributed by atoms with E-state index in [0.29, 0.717) is 30.6 Å². The fraction of sp³-hybridized carbons (Fsp3) is 0.522. The summed E-state index contributed by atoms with van der Waals surface area (Å²) in [4.78, 5) is 16.6. The first-order valence-corrected chi connectivity index (χ1v) is 11.0. The van der Waals surface area contributed by atoms with Crippen molar-refractivity contribution in [3.05, 3.63) is 30.5 Å². The van der Waals surface area contributed by atoms with Gasteiger partial charge in [-0.05, 0) is 37.3 Å². The number of nitrogens with two attached hydrogens (primary N) is 1. The molecule has 1 aliphatic carbocycles. The number of primary amides is 1. The minimum atomic E-state index is -0.740. The summed E-state index contributed by atoms with van der Waals surface area (Å²) in [6, 6.07) is 10.0. The van der Waals surface area contributed by atoms with Crippen molar-refractivity contribution < 1.29 is 9.32 Å². The van der Waals surface area contributed by atoms with Gasteiger partial charge in [0.1, 0.15) is 29.2 Å².